The summed E-state index contributed by atoms with van der Waals surface area (Å²) in [5.74, 6) is 9.00. The maximum absolute atomic E-state index is 5.91. The van der Waals surface area contributed by atoms with Crippen LogP contribution in [0.4, 0.5) is 0 Å². The quantitative estimate of drug-likeness (QED) is 0.593. The Morgan fingerprint density at radius 2 is 1.86 bits per heavy atom. The molecule has 4 bridgehead atoms. The summed E-state index contributed by atoms with van der Waals surface area (Å²) >= 11 is 5.50. The molecule has 4 aliphatic carbocycles. The second-order valence-corrected chi connectivity index (χ2v) is 9.74. The number of thiophene rings is 1. The largest absolute Gasteiger partial charge is 0.271 e. The first-order chi connectivity index (χ1) is 10.2. The van der Waals surface area contributed by atoms with Crippen molar-refractivity contribution in [2.45, 2.75) is 57.4 Å². The van der Waals surface area contributed by atoms with E-state index in [2.05, 4.69) is 32.8 Å². The Kier molecular flexibility index (Phi) is 3.93. The summed E-state index contributed by atoms with van der Waals surface area (Å²) in [6, 6.07) is 2.58. The molecule has 1 atom stereocenters. The summed E-state index contributed by atoms with van der Waals surface area (Å²) in [6.45, 7) is 0. The summed E-state index contributed by atoms with van der Waals surface area (Å²) < 4.78 is 1.25. The molecule has 1 heterocycles. The molecule has 2 nitrogen and oxygen atoms in total. The van der Waals surface area contributed by atoms with Crippen LogP contribution in [-0.4, -0.2) is 6.04 Å². The summed E-state index contributed by atoms with van der Waals surface area (Å²) in [5, 5.41) is 2.16. The van der Waals surface area contributed by atoms with Crippen molar-refractivity contribution < 1.29 is 0 Å². The van der Waals surface area contributed by atoms with Gasteiger partial charge in [0.25, 0.3) is 0 Å². The average Bonchev–Trinajstić information content (AvgIpc) is 2.81. The van der Waals surface area contributed by atoms with Crippen molar-refractivity contribution in [3.63, 3.8) is 0 Å². The van der Waals surface area contributed by atoms with E-state index in [0.717, 1.165) is 24.2 Å². The van der Waals surface area contributed by atoms with Crippen molar-refractivity contribution >= 4 is 27.3 Å². The molecule has 5 rings (SSSR count). The molecule has 116 valence electrons. The number of nitrogens with two attached hydrogens (primary N) is 1. The molecular weight excluding hydrogens is 344 g/mol. The lowest BCUT2D eigenvalue weighted by Gasteiger charge is -2.57. The van der Waals surface area contributed by atoms with Crippen molar-refractivity contribution in [1.82, 2.24) is 5.43 Å². The number of rotatable bonds is 5. The van der Waals surface area contributed by atoms with Crippen molar-refractivity contribution in [1.29, 1.82) is 0 Å². The molecular formula is C17H25BrN2S. The van der Waals surface area contributed by atoms with E-state index in [1.807, 2.05) is 11.3 Å². The third-order valence-electron chi connectivity index (χ3n) is 6.20. The molecule has 21 heavy (non-hydrogen) atoms. The van der Waals surface area contributed by atoms with Gasteiger partial charge in [-0.25, -0.2) is 0 Å². The molecule has 3 N–H and O–H groups in total. The summed E-state index contributed by atoms with van der Waals surface area (Å²) in [4.78, 5) is 1.43. The molecule has 4 aliphatic rings. The van der Waals surface area contributed by atoms with Crippen molar-refractivity contribution in [2.75, 3.05) is 0 Å². The van der Waals surface area contributed by atoms with Gasteiger partial charge in [0.1, 0.15) is 0 Å². The summed E-state index contributed by atoms with van der Waals surface area (Å²) in [6.07, 6.45) is 11.3. The molecule has 0 saturated heterocycles. The van der Waals surface area contributed by atoms with E-state index in [4.69, 9.17) is 5.84 Å². The predicted molar refractivity (Wildman–Crippen MR) is 92.1 cm³/mol. The molecule has 0 radical (unpaired) electrons. The maximum Gasteiger partial charge on any atom is 0.0314 e. The molecule has 1 aromatic rings. The van der Waals surface area contributed by atoms with Crippen molar-refractivity contribution in [2.24, 2.45) is 29.0 Å². The lowest BCUT2D eigenvalue weighted by molar-refractivity contribution is -0.0619. The van der Waals surface area contributed by atoms with Crippen LogP contribution in [0.2, 0.25) is 0 Å². The van der Waals surface area contributed by atoms with E-state index in [-0.39, 0.29) is 0 Å². The fourth-order valence-corrected chi connectivity index (χ4v) is 7.54. The van der Waals surface area contributed by atoms with E-state index in [1.165, 1.54) is 54.3 Å². The Morgan fingerprint density at radius 3 is 2.33 bits per heavy atom. The molecule has 4 heteroatoms. The van der Waals surface area contributed by atoms with E-state index in [0.29, 0.717) is 11.5 Å². The SMILES string of the molecule is NNC(Cc1sccc1Br)CC12CC3CC(CC(C3)C1)C2. The van der Waals surface area contributed by atoms with Crippen LogP contribution in [0.15, 0.2) is 15.9 Å². The maximum atomic E-state index is 5.91. The fraction of sp³-hybridized carbons (Fsp3) is 0.765. The molecule has 0 spiro atoms. The van der Waals surface area contributed by atoms with Crippen LogP contribution in [0, 0.1) is 23.2 Å². The van der Waals surface area contributed by atoms with Gasteiger partial charge in [0.15, 0.2) is 0 Å². The number of hydrogen-bond donors (Lipinski definition) is 2. The number of hydrazine groups is 1. The van der Waals surface area contributed by atoms with Gasteiger partial charge >= 0.3 is 0 Å². The Morgan fingerprint density at radius 1 is 1.24 bits per heavy atom. The fourth-order valence-electron chi connectivity index (χ4n) is 5.95. The molecule has 0 aliphatic heterocycles. The normalized spacial score (nSPS) is 38.9. The van der Waals surface area contributed by atoms with Crippen LogP contribution in [0.5, 0.6) is 0 Å². The Hall–Kier alpha value is 0.100. The Labute approximate surface area is 140 Å². The van der Waals surface area contributed by atoms with E-state index in [1.54, 1.807) is 0 Å². The van der Waals surface area contributed by atoms with Crippen molar-refractivity contribution in [3.8, 4) is 0 Å². The van der Waals surface area contributed by atoms with Gasteiger partial charge in [0.05, 0.1) is 0 Å². The lowest BCUT2D eigenvalue weighted by Crippen LogP contribution is -2.50. The van der Waals surface area contributed by atoms with Crippen LogP contribution in [-0.2, 0) is 6.42 Å². The first-order valence-corrected chi connectivity index (χ1v) is 10.0. The van der Waals surface area contributed by atoms with Gasteiger partial charge in [-0.3, -0.25) is 11.3 Å². The van der Waals surface area contributed by atoms with E-state index < -0.39 is 0 Å². The van der Waals surface area contributed by atoms with E-state index >= 15 is 0 Å². The zero-order valence-electron chi connectivity index (χ0n) is 12.5. The lowest BCUT2D eigenvalue weighted by atomic mass is 9.48. The van der Waals surface area contributed by atoms with Gasteiger partial charge in [-0.15, -0.1) is 11.3 Å². The predicted octanol–water partition coefficient (Wildman–Crippen LogP) is 4.49. The molecule has 1 unspecified atom stereocenters. The Balaban J connectivity index is 1.47. The van der Waals surface area contributed by atoms with Crippen LogP contribution in [0.1, 0.15) is 49.8 Å². The van der Waals surface area contributed by atoms with Crippen LogP contribution < -0.4 is 11.3 Å². The molecule has 0 aromatic carbocycles. The number of nitrogens with one attached hydrogen (secondary N) is 1. The monoisotopic (exact) mass is 368 g/mol. The third kappa shape index (κ3) is 2.85. The number of hydrogen-bond acceptors (Lipinski definition) is 3. The standard InChI is InChI=1S/C17H25BrN2S/c18-15-1-2-21-16(15)6-14(20-19)10-17-7-11-3-12(8-17)5-13(4-11)9-17/h1-2,11-14,20H,3-10,19H2. The molecule has 4 fully saturated rings. The Bertz CT molecular complexity index is 477. The van der Waals surface area contributed by atoms with Gasteiger partial charge in [-0.2, -0.15) is 0 Å². The number of halogens is 1. The molecule has 4 saturated carbocycles. The minimum absolute atomic E-state index is 0.427. The van der Waals surface area contributed by atoms with Gasteiger partial charge in [-0.1, -0.05) is 0 Å². The van der Waals surface area contributed by atoms with Crippen LogP contribution in [0.25, 0.3) is 0 Å². The minimum atomic E-state index is 0.427. The topological polar surface area (TPSA) is 38.0 Å². The zero-order valence-corrected chi connectivity index (χ0v) is 14.9. The molecule has 0 amide bonds. The highest BCUT2D eigenvalue weighted by Gasteiger charge is 2.51. The van der Waals surface area contributed by atoms with Gasteiger partial charge in [0.2, 0.25) is 0 Å². The second kappa shape index (κ2) is 5.63. The summed E-state index contributed by atoms with van der Waals surface area (Å²) in [7, 11) is 0. The molecule has 1 aromatic heterocycles. The first-order valence-electron chi connectivity index (χ1n) is 8.34. The highest BCUT2D eigenvalue weighted by atomic mass is 79.9. The third-order valence-corrected chi connectivity index (χ3v) is 8.15. The van der Waals surface area contributed by atoms with E-state index in [9.17, 15) is 0 Å². The zero-order chi connectivity index (χ0) is 14.4. The van der Waals surface area contributed by atoms with Gasteiger partial charge in [-0.05, 0) is 102 Å². The minimum Gasteiger partial charge on any atom is -0.271 e. The highest BCUT2D eigenvalue weighted by molar-refractivity contribution is 9.10. The van der Waals surface area contributed by atoms with Crippen molar-refractivity contribution in [3.05, 3.63) is 20.8 Å². The van der Waals surface area contributed by atoms with Crippen LogP contribution in [0.3, 0.4) is 0 Å². The second-order valence-electron chi connectivity index (χ2n) is 7.88. The first kappa shape index (κ1) is 14.7. The summed E-state index contributed by atoms with van der Waals surface area (Å²) in [5.41, 5.74) is 3.74. The highest BCUT2D eigenvalue weighted by Crippen LogP contribution is 2.61. The average molecular weight is 369 g/mol. The smallest absolute Gasteiger partial charge is 0.0314 e. The van der Waals surface area contributed by atoms with Gasteiger partial charge in [0, 0.05) is 15.4 Å². The van der Waals surface area contributed by atoms with Gasteiger partial charge < -0.3 is 0 Å². The van der Waals surface area contributed by atoms with Crippen LogP contribution >= 0.6 is 27.3 Å².